The number of carbonyl (C=O) groups excluding carboxylic acids is 2. The molecule has 1 atom stereocenters. The summed E-state index contributed by atoms with van der Waals surface area (Å²) in [7, 11) is 1.41. The minimum Gasteiger partial charge on any atom is -0.477 e. The van der Waals surface area contributed by atoms with Gasteiger partial charge < -0.3 is 25.2 Å². The molecule has 0 spiro atoms. The van der Waals surface area contributed by atoms with Crippen LogP contribution in [0.25, 0.3) is 11.1 Å². The molecule has 2 amide bonds. The highest BCUT2D eigenvalue weighted by molar-refractivity contribution is 5.97. The number of alkyl carbamates (subject to hydrolysis) is 1. The largest absolute Gasteiger partial charge is 0.477 e. The van der Waals surface area contributed by atoms with E-state index in [1.54, 1.807) is 0 Å². The van der Waals surface area contributed by atoms with Crippen LogP contribution in [0.5, 0.6) is 0 Å². The lowest BCUT2D eigenvalue weighted by Crippen LogP contribution is -2.47. The predicted molar refractivity (Wildman–Crippen MR) is 124 cm³/mol. The number of ether oxygens (including phenoxy) is 2. The second-order valence-electron chi connectivity index (χ2n) is 7.70. The van der Waals surface area contributed by atoms with E-state index in [2.05, 4.69) is 15.6 Å². The lowest BCUT2D eigenvalue weighted by atomic mass is 9.98. The van der Waals surface area contributed by atoms with Crippen LogP contribution >= 0.6 is 0 Å². The molecule has 9 nitrogen and oxygen atoms in total. The third-order valence-corrected chi connectivity index (χ3v) is 5.54. The number of benzene rings is 2. The third-order valence-electron chi connectivity index (χ3n) is 5.54. The first-order chi connectivity index (χ1) is 16.5. The Hall–Kier alpha value is -4.24. The van der Waals surface area contributed by atoms with Crippen LogP contribution in [0.1, 0.15) is 27.5 Å². The molecule has 0 unspecified atom stereocenters. The Morgan fingerprint density at radius 2 is 1.65 bits per heavy atom. The quantitative estimate of drug-likeness (QED) is 0.470. The van der Waals surface area contributed by atoms with E-state index in [4.69, 9.17) is 14.6 Å². The Balaban J connectivity index is 1.39. The second kappa shape index (κ2) is 10.1. The summed E-state index contributed by atoms with van der Waals surface area (Å²) in [5.41, 5.74) is 4.53. The second-order valence-corrected chi connectivity index (χ2v) is 7.70. The van der Waals surface area contributed by atoms with Crippen LogP contribution < -0.4 is 10.6 Å². The number of rotatable bonds is 8. The molecule has 1 aliphatic rings. The molecule has 9 heteroatoms. The zero-order valence-electron chi connectivity index (χ0n) is 18.4. The normalized spacial score (nSPS) is 12.9. The average molecular weight is 461 g/mol. The number of amides is 2. The molecule has 0 radical (unpaired) electrons. The van der Waals surface area contributed by atoms with Crippen molar-refractivity contribution in [3.05, 3.63) is 83.7 Å². The van der Waals surface area contributed by atoms with Gasteiger partial charge in [0.05, 0.1) is 18.5 Å². The molecular weight excluding hydrogens is 438 g/mol. The summed E-state index contributed by atoms with van der Waals surface area (Å²) in [5, 5.41) is 14.0. The fourth-order valence-corrected chi connectivity index (χ4v) is 3.96. The van der Waals surface area contributed by atoms with Gasteiger partial charge in [-0.15, -0.1) is 0 Å². The molecule has 0 fully saturated rings. The van der Waals surface area contributed by atoms with E-state index in [0.717, 1.165) is 22.3 Å². The van der Waals surface area contributed by atoms with Gasteiger partial charge in [-0.2, -0.15) is 0 Å². The molecule has 3 aromatic rings. The molecule has 0 saturated heterocycles. The molecule has 0 aliphatic heterocycles. The van der Waals surface area contributed by atoms with Crippen LogP contribution in [0.2, 0.25) is 0 Å². The number of nitrogens with zero attached hydrogens (tertiary/aromatic N) is 1. The van der Waals surface area contributed by atoms with Crippen LogP contribution in [0, 0.1) is 0 Å². The third kappa shape index (κ3) is 4.89. The molecule has 1 aliphatic carbocycles. The van der Waals surface area contributed by atoms with Gasteiger partial charge in [0.25, 0.3) is 0 Å². The minimum atomic E-state index is -1.17. The molecule has 0 saturated carbocycles. The van der Waals surface area contributed by atoms with E-state index < -0.39 is 24.0 Å². The highest BCUT2D eigenvalue weighted by Crippen LogP contribution is 2.44. The number of hydrogen-bond donors (Lipinski definition) is 3. The van der Waals surface area contributed by atoms with Crippen molar-refractivity contribution in [1.82, 2.24) is 10.3 Å². The van der Waals surface area contributed by atoms with Crippen molar-refractivity contribution in [2.45, 2.75) is 12.0 Å². The van der Waals surface area contributed by atoms with Crippen molar-refractivity contribution in [1.29, 1.82) is 0 Å². The molecule has 3 N–H and O–H groups in total. The monoisotopic (exact) mass is 461 g/mol. The first-order valence-corrected chi connectivity index (χ1v) is 10.6. The standard InChI is InChI=1S/C25H23N3O6/c1-33-14-22(23(29)27-15-10-11-21(24(30)31)26-12-15)28-25(32)34-13-20-18-8-4-2-6-16(18)17-7-3-5-9-19(17)20/h2-12,20,22H,13-14H2,1H3,(H,27,29)(H,28,32)(H,30,31)/t22-/m0/s1. The first kappa shape index (κ1) is 22.9. The average Bonchev–Trinajstić information content (AvgIpc) is 3.16. The Kier molecular flexibility index (Phi) is 6.84. The fourth-order valence-electron chi connectivity index (χ4n) is 3.96. The number of fused-ring (bicyclic) bond motifs is 3. The number of carbonyl (C=O) groups is 3. The van der Waals surface area contributed by atoms with E-state index in [9.17, 15) is 14.4 Å². The predicted octanol–water partition coefficient (Wildman–Crippen LogP) is 3.27. The maximum atomic E-state index is 12.6. The van der Waals surface area contributed by atoms with Gasteiger partial charge in [0.1, 0.15) is 18.3 Å². The van der Waals surface area contributed by atoms with E-state index in [1.807, 2.05) is 48.5 Å². The number of carboxylic acid groups (broad SMARTS) is 1. The summed E-state index contributed by atoms with van der Waals surface area (Å²) in [6, 6.07) is 17.6. The molecule has 34 heavy (non-hydrogen) atoms. The molecule has 0 bridgehead atoms. The number of hydrogen-bond acceptors (Lipinski definition) is 6. The van der Waals surface area contributed by atoms with Gasteiger partial charge in [-0.1, -0.05) is 48.5 Å². The van der Waals surface area contributed by atoms with Crippen LogP contribution in [0.4, 0.5) is 10.5 Å². The van der Waals surface area contributed by atoms with E-state index in [1.165, 1.54) is 25.4 Å². The molecule has 4 rings (SSSR count). The Morgan fingerprint density at radius 3 is 2.21 bits per heavy atom. The van der Waals surface area contributed by atoms with E-state index in [-0.39, 0.29) is 30.5 Å². The lowest BCUT2D eigenvalue weighted by molar-refractivity contribution is -0.119. The molecule has 174 valence electrons. The van der Waals surface area contributed by atoms with Crippen LogP contribution in [0.15, 0.2) is 66.9 Å². The summed E-state index contributed by atoms with van der Waals surface area (Å²) in [6.07, 6.45) is 0.469. The number of aromatic nitrogens is 1. The molecule has 1 aromatic heterocycles. The van der Waals surface area contributed by atoms with Crippen molar-refractivity contribution < 1.29 is 29.0 Å². The highest BCUT2D eigenvalue weighted by Gasteiger charge is 2.29. The Labute approximate surface area is 195 Å². The summed E-state index contributed by atoms with van der Waals surface area (Å²) in [6.45, 7) is 0.0262. The van der Waals surface area contributed by atoms with Gasteiger partial charge in [-0.3, -0.25) is 4.79 Å². The van der Waals surface area contributed by atoms with Crippen molar-refractivity contribution in [2.24, 2.45) is 0 Å². The van der Waals surface area contributed by atoms with Gasteiger partial charge in [0.2, 0.25) is 5.91 Å². The highest BCUT2D eigenvalue weighted by atomic mass is 16.5. The maximum absolute atomic E-state index is 12.6. The Bertz CT molecular complexity index is 1170. The SMILES string of the molecule is COC[C@H](NC(=O)OCC1c2ccccc2-c2ccccc21)C(=O)Nc1ccc(C(=O)O)nc1. The van der Waals surface area contributed by atoms with Crippen LogP contribution in [-0.4, -0.2) is 54.4 Å². The molecular formula is C25H23N3O6. The Morgan fingerprint density at radius 1 is 1.00 bits per heavy atom. The van der Waals surface area contributed by atoms with E-state index >= 15 is 0 Å². The molecule has 1 heterocycles. The lowest BCUT2D eigenvalue weighted by Gasteiger charge is -2.19. The summed E-state index contributed by atoms with van der Waals surface area (Å²) < 4.78 is 10.6. The number of pyridine rings is 1. The fraction of sp³-hybridized carbons (Fsp3) is 0.200. The number of anilines is 1. The van der Waals surface area contributed by atoms with Crippen LogP contribution in [-0.2, 0) is 14.3 Å². The molecule has 2 aromatic carbocycles. The zero-order chi connectivity index (χ0) is 24.1. The zero-order valence-corrected chi connectivity index (χ0v) is 18.4. The number of nitrogens with one attached hydrogen (secondary N) is 2. The van der Waals surface area contributed by atoms with Crippen molar-refractivity contribution in [3.8, 4) is 11.1 Å². The summed E-state index contributed by atoms with van der Waals surface area (Å²) in [5.74, 6) is -1.83. The van der Waals surface area contributed by atoms with Gasteiger partial charge in [0, 0.05) is 13.0 Å². The summed E-state index contributed by atoms with van der Waals surface area (Å²) >= 11 is 0. The smallest absolute Gasteiger partial charge is 0.407 e. The van der Waals surface area contributed by atoms with Crippen LogP contribution in [0.3, 0.4) is 0 Å². The van der Waals surface area contributed by atoms with Gasteiger partial charge in [0.15, 0.2) is 0 Å². The topological polar surface area (TPSA) is 127 Å². The van der Waals surface area contributed by atoms with Crippen molar-refractivity contribution >= 4 is 23.7 Å². The summed E-state index contributed by atoms with van der Waals surface area (Å²) in [4.78, 5) is 39.8. The van der Waals surface area contributed by atoms with Gasteiger partial charge in [-0.25, -0.2) is 14.6 Å². The maximum Gasteiger partial charge on any atom is 0.407 e. The van der Waals surface area contributed by atoms with Crippen molar-refractivity contribution in [2.75, 3.05) is 25.6 Å². The number of carboxylic acids is 1. The number of methoxy groups -OCH3 is 1. The van der Waals surface area contributed by atoms with E-state index in [0.29, 0.717) is 0 Å². The first-order valence-electron chi connectivity index (χ1n) is 10.6. The van der Waals surface area contributed by atoms with Gasteiger partial charge in [-0.05, 0) is 34.4 Å². The van der Waals surface area contributed by atoms with Gasteiger partial charge >= 0.3 is 12.1 Å². The number of aromatic carboxylic acids is 1. The van der Waals surface area contributed by atoms with Crippen molar-refractivity contribution in [3.63, 3.8) is 0 Å². The minimum absolute atomic E-state index is 0.0866.